The van der Waals surface area contributed by atoms with Crippen LogP contribution in [-0.4, -0.2) is 31.4 Å². The van der Waals surface area contributed by atoms with Crippen molar-refractivity contribution >= 4 is 43.0 Å². The molecule has 0 N–H and O–H groups in total. The number of aryl methyl sites for hydroxylation is 5. The first-order chi connectivity index (χ1) is 24.5. The molecule has 5 aromatic carbocycles. The monoisotopic (exact) mass is 747 g/mol. The molecule has 0 amide bonds. The van der Waals surface area contributed by atoms with Gasteiger partial charge in [0.05, 0.1) is 6.07 Å². The summed E-state index contributed by atoms with van der Waals surface area (Å²) in [5.74, 6) is -0.919. The Bertz CT molecular complexity index is 1880. The van der Waals surface area contributed by atoms with E-state index in [1.807, 2.05) is 120 Å². The number of rotatable bonds is 8. The Hall–Kier alpha value is -5.26. The first kappa shape index (κ1) is 45.8. The van der Waals surface area contributed by atoms with Gasteiger partial charge in [0.25, 0.3) is 5.24 Å². The van der Waals surface area contributed by atoms with E-state index in [2.05, 4.69) is 25.7 Å². The largest absolute Gasteiger partial charge is 0.399 e. The van der Waals surface area contributed by atoms with Crippen LogP contribution in [-0.2, 0) is 4.43 Å². The summed E-state index contributed by atoms with van der Waals surface area (Å²) >= 11 is 5.22. The second-order valence-corrected chi connectivity index (χ2v) is 18.0. The molecule has 0 saturated heterocycles. The lowest BCUT2D eigenvalue weighted by molar-refractivity contribution is 0.0817. The van der Waals surface area contributed by atoms with Crippen molar-refractivity contribution in [3.8, 4) is 6.07 Å². The number of halogens is 1. The van der Waals surface area contributed by atoms with Gasteiger partial charge >= 0.3 is 0 Å². The fourth-order valence-electron chi connectivity index (χ4n) is 4.27. The lowest BCUT2D eigenvalue weighted by atomic mass is 10.00. The Balaban J connectivity index is 0.000000364. The molecule has 0 saturated carbocycles. The van der Waals surface area contributed by atoms with Crippen molar-refractivity contribution in [1.82, 2.24) is 0 Å². The summed E-state index contributed by atoms with van der Waals surface area (Å²) in [5.41, 5.74) is 8.74. The molecule has 0 radical (unpaired) electrons. The Morgan fingerprint density at radius 1 is 0.585 bits per heavy atom. The van der Waals surface area contributed by atoms with Crippen molar-refractivity contribution < 1.29 is 23.6 Å². The molecule has 0 aliphatic heterocycles. The molecule has 0 bridgehead atoms. The number of carbonyl (C=O) groups is 4. The van der Waals surface area contributed by atoms with Crippen LogP contribution in [0.25, 0.3) is 0 Å². The summed E-state index contributed by atoms with van der Waals surface area (Å²) in [7, 11) is -1.66. The minimum absolute atomic E-state index is 0. The maximum absolute atomic E-state index is 12.0. The van der Waals surface area contributed by atoms with Gasteiger partial charge in [0, 0.05) is 22.3 Å². The summed E-state index contributed by atoms with van der Waals surface area (Å²) < 4.78 is 5.79. The minimum atomic E-state index is -1.66. The average molecular weight is 748 g/mol. The van der Waals surface area contributed by atoms with Crippen molar-refractivity contribution in [2.24, 2.45) is 0 Å². The van der Waals surface area contributed by atoms with E-state index < -0.39 is 31.2 Å². The van der Waals surface area contributed by atoms with Gasteiger partial charge < -0.3 is 4.43 Å². The highest BCUT2D eigenvalue weighted by atomic mass is 35.5. The molecule has 1 atom stereocenters. The molecular weight excluding hydrogens is 698 g/mol. The number of nitrogens with zero attached hydrogens (tertiary/aromatic N) is 1. The number of aldehydes is 1. The summed E-state index contributed by atoms with van der Waals surface area (Å²) in [6.45, 7) is 16.1. The molecule has 0 spiro atoms. The molecule has 6 nitrogen and oxygen atoms in total. The predicted molar refractivity (Wildman–Crippen MR) is 220 cm³/mol. The van der Waals surface area contributed by atoms with Crippen molar-refractivity contribution in [1.29, 1.82) is 5.26 Å². The third kappa shape index (κ3) is 17.2. The van der Waals surface area contributed by atoms with E-state index in [4.69, 9.17) is 21.3 Å². The third-order valence-electron chi connectivity index (χ3n) is 7.29. The van der Waals surface area contributed by atoms with Crippen LogP contribution in [0.3, 0.4) is 0 Å². The second-order valence-electron chi connectivity index (χ2n) is 13.2. The summed E-state index contributed by atoms with van der Waals surface area (Å²) in [4.78, 5) is 44.6. The number of nitriles is 1. The molecule has 5 aromatic rings. The number of Topliss-reactive ketones (excluding diaryl/α,β-unsaturated/α-hetero) is 2. The Morgan fingerprint density at radius 3 is 1.17 bits per heavy atom. The normalized spacial score (nSPS) is 10.5. The van der Waals surface area contributed by atoms with E-state index in [1.165, 1.54) is 11.1 Å². The van der Waals surface area contributed by atoms with Crippen LogP contribution in [0, 0.1) is 45.9 Å². The van der Waals surface area contributed by atoms with Gasteiger partial charge in [-0.3, -0.25) is 19.2 Å². The molecule has 0 aliphatic carbocycles. The summed E-state index contributed by atoms with van der Waals surface area (Å²) in [6, 6.07) is 38.8. The molecule has 8 heteroatoms. The fourth-order valence-corrected chi connectivity index (χ4v) is 5.29. The van der Waals surface area contributed by atoms with E-state index in [0.29, 0.717) is 16.7 Å². The second kappa shape index (κ2) is 22.6. The van der Waals surface area contributed by atoms with Crippen LogP contribution in [0.1, 0.15) is 88.3 Å². The number of ketones is 2. The van der Waals surface area contributed by atoms with Gasteiger partial charge in [-0.05, 0) is 83.6 Å². The van der Waals surface area contributed by atoms with Crippen LogP contribution in [0.15, 0.2) is 121 Å². The smallest absolute Gasteiger partial charge is 0.252 e. The van der Waals surface area contributed by atoms with Gasteiger partial charge in [0.1, 0.15) is 6.29 Å². The van der Waals surface area contributed by atoms with E-state index in [0.717, 1.165) is 34.1 Å². The zero-order chi connectivity index (χ0) is 38.8. The highest BCUT2D eigenvalue weighted by Crippen LogP contribution is 2.22. The number of carbonyl (C=O) groups excluding carboxylic acids is 4. The Morgan fingerprint density at radius 2 is 0.887 bits per heavy atom. The third-order valence-corrected chi connectivity index (χ3v) is 8.46. The number of hydrogen-bond donors (Lipinski definition) is 0. The van der Waals surface area contributed by atoms with E-state index >= 15 is 0 Å². The van der Waals surface area contributed by atoms with Gasteiger partial charge in [-0.25, -0.2) is 0 Å². The SMILES string of the molecule is C.Cc1ccc(C(=O)C(=O)c2ccc(C)cc2)cc1.Cc1ccc(C(=O)Cl)cc1.Cc1ccc(C(C#N)O[Si](C)(C)C)cc1.Cc1ccc(C=O)cc1. The van der Waals surface area contributed by atoms with Gasteiger partial charge in [-0.15, -0.1) is 0 Å². The molecular formula is C45H50ClNO5Si. The van der Waals surface area contributed by atoms with Crippen molar-refractivity contribution in [3.63, 3.8) is 0 Å². The summed E-state index contributed by atoms with van der Waals surface area (Å²) in [6.07, 6.45) is 0.427. The van der Waals surface area contributed by atoms with Crippen LogP contribution in [0.2, 0.25) is 19.6 Å². The zero-order valence-electron chi connectivity index (χ0n) is 31.1. The van der Waals surface area contributed by atoms with Crippen molar-refractivity contribution in [2.45, 2.75) is 67.8 Å². The van der Waals surface area contributed by atoms with E-state index in [-0.39, 0.29) is 7.43 Å². The lowest BCUT2D eigenvalue weighted by Gasteiger charge is -2.21. The molecule has 5 rings (SSSR count). The Kier molecular flexibility index (Phi) is 19.5. The topological polar surface area (TPSA) is 101 Å². The van der Waals surface area contributed by atoms with Crippen molar-refractivity contribution in [3.05, 3.63) is 177 Å². The first-order valence-electron chi connectivity index (χ1n) is 16.7. The van der Waals surface area contributed by atoms with Crippen LogP contribution in [0.4, 0.5) is 0 Å². The summed E-state index contributed by atoms with van der Waals surface area (Å²) in [5, 5.41) is 8.66. The minimum Gasteiger partial charge on any atom is -0.399 e. The quantitative estimate of drug-likeness (QED) is 0.0515. The standard InChI is InChI=1S/C16H14O2.C12H17NOSi.C8H7ClO.C8H8O.CH4/c1-11-3-7-13(8-4-11)15(17)16(18)14-9-5-12(2)6-10-14;1-10-5-7-11(8-6-10)12(9-13)14-15(2,3)4;1-6-2-4-7(5-3-6)8(9)10;1-7-2-4-8(6-9)5-3-7;/h3-10H,1-2H3;5-8,12H,1-4H3;2-5H,1H3;2-6H,1H3;1H4. The lowest BCUT2D eigenvalue weighted by Crippen LogP contribution is -2.27. The van der Waals surface area contributed by atoms with Gasteiger partial charge in [0.15, 0.2) is 14.4 Å². The molecule has 276 valence electrons. The number of benzene rings is 5. The maximum atomic E-state index is 12.0. The van der Waals surface area contributed by atoms with Crippen molar-refractivity contribution in [2.75, 3.05) is 0 Å². The van der Waals surface area contributed by atoms with E-state index in [9.17, 15) is 19.2 Å². The molecule has 53 heavy (non-hydrogen) atoms. The van der Waals surface area contributed by atoms with Gasteiger partial charge in [-0.2, -0.15) is 5.26 Å². The molecule has 0 aromatic heterocycles. The van der Waals surface area contributed by atoms with E-state index in [1.54, 1.807) is 36.4 Å². The van der Waals surface area contributed by atoms with Crippen LogP contribution < -0.4 is 0 Å². The first-order valence-corrected chi connectivity index (χ1v) is 20.5. The Labute approximate surface area is 321 Å². The zero-order valence-corrected chi connectivity index (χ0v) is 32.8. The molecule has 1 unspecified atom stereocenters. The average Bonchev–Trinajstić information content (AvgIpc) is 3.12. The number of hydrogen-bond acceptors (Lipinski definition) is 6. The highest BCUT2D eigenvalue weighted by molar-refractivity contribution is 6.69. The highest BCUT2D eigenvalue weighted by Gasteiger charge is 2.22. The van der Waals surface area contributed by atoms with Gasteiger partial charge in [-0.1, -0.05) is 144 Å². The molecule has 0 fully saturated rings. The molecule has 0 heterocycles. The van der Waals surface area contributed by atoms with Crippen LogP contribution in [0.5, 0.6) is 0 Å². The fraction of sp³-hybridized carbons (Fsp3) is 0.222. The maximum Gasteiger partial charge on any atom is 0.252 e. The van der Waals surface area contributed by atoms with Crippen LogP contribution >= 0.6 is 11.6 Å². The molecule has 0 aliphatic rings. The van der Waals surface area contributed by atoms with Gasteiger partial charge in [0.2, 0.25) is 11.6 Å². The predicted octanol–water partition coefficient (Wildman–Crippen LogP) is 11.6.